The van der Waals surface area contributed by atoms with Gasteiger partial charge in [0.15, 0.2) is 0 Å². The highest BCUT2D eigenvalue weighted by atomic mass is 35.5. The van der Waals surface area contributed by atoms with Gasteiger partial charge in [-0.2, -0.15) is 0 Å². The number of halogens is 4. The number of fused-ring (bicyclic) bond motifs is 1. The third-order valence-electron chi connectivity index (χ3n) is 4.95. The van der Waals surface area contributed by atoms with Crippen LogP contribution in [0.4, 0.5) is 14.9 Å². The Labute approximate surface area is 209 Å². The number of hydrogen-bond acceptors (Lipinski definition) is 3. The Morgan fingerprint density at radius 2 is 1.59 bits per heavy atom. The van der Waals surface area contributed by atoms with Gasteiger partial charge in [0.05, 0.1) is 15.6 Å². The molecule has 0 spiro atoms. The quantitative estimate of drug-likeness (QED) is 0.288. The highest BCUT2D eigenvalue weighted by molar-refractivity contribution is 6.36. The largest absolute Gasteiger partial charge is 0.455 e. The van der Waals surface area contributed by atoms with Crippen LogP contribution in [-0.2, 0) is 0 Å². The Kier molecular flexibility index (Phi) is 6.93. The van der Waals surface area contributed by atoms with Crippen molar-refractivity contribution >= 4 is 63.2 Å². The fraction of sp³-hybridized carbons (Fsp3) is 0.0400. The van der Waals surface area contributed by atoms with Crippen molar-refractivity contribution < 1.29 is 18.7 Å². The Balaban J connectivity index is 1.53. The van der Waals surface area contributed by atoms with Crippen LogP contribution in [-0.4, -0.2) is 11.9 Å². The predicted octanol–water partition coefficient (Wildman–Crippen LogP) is 8.00. The molecule has 0 radical (unpaired) electrons. The van der Waals surface area contributed by atoms with E-state index in [9.17, 15) is 14.0 Å². The molecular weight excluding hydrogens is 502 g/mol. The molecule has 2 N–H and O–H groups in total. The van der Waals surface area contributed by atoms with Crippen LogP contribution in [0, 0.1) is 12.7 Å². The molecule has 0 fully saturated rings. The van der Waals surface area contributed by atoms with Crippen molar-refractivity contribution in [1.82, 2.24) is 5.32 Å². The van der Waals surface area contributed by atoms with Gasteiger partial charge in [-0.15, -0.1) is 0 Å². The van der Waals surface area contributed by atoms with Gasteiger partial charge in [0.1, 0.15) is 17.3 Å². The van der Waals surface area contributed by atoms with Gasteiger partial charge in [-0.1, -0.05) is 65.1 Å². The van der Waals surface area contributed by atoms with E-state index in [2.05, 4.69) is 5.32 Å². The number of aryl methyl sites for hydroxylation is 1. The standard InChI is InChI=1S/C25H16Cl3FN2O3/c1-13-11-14(30-25(33)31-24(32)22-18(27)7-4-8-20(22)29)12-19(28)23(13)34-21-10-9-17(26)15-5-2-3-6-16(15)21/h2-12H,1H3,(H2,30,31,32,33). The van der Waals surface area contributed by atoms with Crippen LogP contribution >= 0.6 is 34.8 Å². The number of ether oxygens (including phenoxy) is 1. The predicted molar refractivity (Wildman–Crippen MR) is 133 cm³/mol. The first-order chi connectivity index (χ1) is 16.2. The molecule has 0 aromatic heterocycles. The van der Waals surface area contributed by atoms with E-state index in [0.29, 0.717) is 27.8 Å². The molecular formula is C25H16Cl3FN2O3. The second kappa shape index (κ2) is 9.89. The van der Waals surface area contributed by atoms with E-state index in [4.69, 9.17) is 39.5 Å². The number of carbonyl (C=O) groups excluding carboxylic acids is 2. The first-order valence-electron chi connectivity index (χ1n) is 9.96. The fourth-order valence-corrected chi connectivity index (χ4v) is 4.19. The number of carbonyl (C=O) groups is 2. The van der Waals surface area contributed by atoms with E-state index in [1.807, 2.05) is 29.6 Å². The molecule has 172 valence electrons. The van der Waals surface area contributed by atoms with Crippen LogP contribution in [0.1, 0.15) is 15.9 Å². The summed E-state index contributed by atoms with van der Waals surface area (Å²) in [5.74, 6) is -0.851. The van der Waals surface area contributed by atoms with Crippen molar-refractivity contribution in [1.29, 1.82) is 0 Å². The smallest absolute Gasteiger partial charge is 0.326 e. The molecule has 34 heavy (non-hydrogen) atoms. The number of imide groups is 1. The normalized spacial score (nSPS) is 10.7. The van der Waals surface area contributed by atoms with Gasteiger partial charge in [-0.05, 0) is 48.9 Å². The summed E-state index contributed by atoms with van der Waals surface area (Å²) in [7, 11) is 0. The number of hydrogen-bond donors (Lipinski definition) is 2. The highest BCUT2D eigenvalue weighted by Gasteiger charge is 2.19. The molecule has 4 rings (SSSR count). The minimum absolute atomic E-state index is 0.111. The summed E-state index contributed by atoms with van der Waals surface area (Å²) >= 11 is 18.6. The van der Waals surface area contributed by atoms with Gasteiger partial charge in [-0.3, -0.25) is 10.1 Å². The third kappa shape index (κ3) is 4.94. The third-order valence-corrected chi connectivity index (χ3v) is 5.87. The molecule has 0 aliphatic heterocycles. The zero-order valence-electron chi connectivity index (χ0n) is 17.6. The van der Waals surface area contributed by atoms with E-state index < -0.39 is 23.3 Å². The van der Waals surface area contributed by atoms with Crippen molar-refractivity contribution in [2.24, 2.45) is 0 Å². The zero-order valence-corrected chi connectivity index (χ0v) is 19.9. The second-order valence-corrected chi connectivity index (χ2v) is 8.52. The van der Waals surface area contributed by atoms with Crippen molar-refractivity contribution in [2.45, 2.75) is 6.92 Å². The summed E-state index contributed by atoms with van der Waals surface area (Å²) in [6, 6.07) is 17.0. The number of anilines is 1. The molecule has 0 atom stereocenters. The zero-order chi connectivity index (χ0) is 24.4. The molecule has 4 aromatic rings. The maximum atomic E-state index is 13.9. The molecule has 5 nitrogen and oxygen atoms in total. The van der Waals surface area contributed by atoms with Gasteiger partial charge < -0.3 is 10.1 Å². The molecule has 4 aromatic carbocycles. The van der Waals surface area contributed by atoms with Crippen molar-refractivity contribution in [2.75, 3.05) is 5.32 Å². The van der Waals surface area contributed by atoms with Crippen LogP contribution in [0.2, 0.25) is 15.1 Å². The monoisotopic (exact) mass is 516 g/mol. The summed E-state index contributed by atoms with van der Waals surface area (Å²) in [4.78, 5) is 24.6. The lowest BCUT2D eigenvalue weighted by Crippen LogP contribution is -2.35. The van der Waals surface area contributed by atoms with Crippen molar-refractivity contribution in [3.63, 3.8) is 0 Å². The average molecular weight is 518 g/mol. The van der Waals surface area contributed by atoms with Gasteiger partial charge in [0.2, 0.25) is 0 Å². The summed E-state index contributed by atoms with van der Waals surface area (Å²) in [5.41, 5.74) is 0.513. The van der Waals surface area contributed by atoms with Crippen LogP contribution in [0.5, 0.6) is 11.5 Å². The summed E-state index contributed by atoms with van der Waals surface area (Å²) < 4.78 is 20.0. The Bertz CT molecular complexity index is 1400. The number of amides is 3. The topological polar surface area (TPSA) is 67.4 Å². The van der Waals surface area contributed by atoms with Crippen LogP contribution < -0.4 is 15.4 Å². The summed E-state index contributed by atoms with van der Waals surface area (Å²) in [6.07, 6.45) is 0. The SMILES string of the molecule is Cc1cc(NC(=O)NC(=O)c2c(F)cccc2Cl)cc(Cl)c1Oc1ccc(Cl)c2ccccc12. The lowest BCUT2D eigenvalue weighted by atomic mass is 10.1. The molecule has 0 bridgehead atoms. The fourth-order valence-electron chi connectivity index (χ4n) is 3.41. The van der Waals surface area contributed by atoms with E-state index >= 15 is 0 Å². The first-order valence-corrected chi connectivity index (χ1v) is 11.1. The van der Waals surface area contributed by atoms with Crippen LogP contribution in [0.15, 0.2) is 66.7 Å². The average Bonchev–Trinajstić information content (AvgIpc) is 2.77. The molecule has 9 heteroatoms. The van der Waals surface area contributed by atoms with Crippen molar-refractivity contribution in [3.8, 4) is 11.5 Å². The summed E-state index contributed by atoms with van der Waals surface area (Å²) in [5, 5.41) is 6.92. The number of urea groups is 1. The molecule has 3 amide bonds. The molecule has 0 saturated heterocycles. The minimum Gasteiger partial charge on any atom is -0.455 e. The first kappa shape index (κ1) is 23.8. The Hall–Kier alpha value is -3.32. The molecule has 0 aliphatic carbocycles. The van der Waals surface area contributed by atoms with E-state index in [0.717, 1.165) is 16.8 Å². The van der Waals surface area contributed by atoms with E-state index in [1.165, 1.54) is 18.2 Å². The van der Waals surface area contributed by atoms with Gasteiger partial charge in [0, 0.05) is 21.5 Å². The molecule has 0 aliphatic rings. The molecule has 0 saturated carbocycles. The van der Waals surface area contributed by atoms with Gasteiger partial charge in [0.25, 0.3) is 5.91 Å². The Morgan fingerprint density at radius 3 is 2.29 bits per heavy atom. The minimum atomic E-state index is -0.974. The maximum Gasteiger partial charge on any atom is 0.326 e. The molecule has 0 unspecified atom stereocenters. The van der Waals surface area contributed by atoms with Gasteiger partial charge in [-0.25, -0.2) is 9.18 Å². The van der Waals surface area contributed by atoms with E-state index in [1.54, 1.807) is 25.1 Å². The number of benzene rings is 4. The highest BCUT2D eigenvalue weighted by Crippen LogP contribution is 2.39. The van der Waals surface area contributed by atoms with E-state index in [-0.39, 0.29) is 10.0 Å². The number of nitrogens with one attached hydrogen (secondary N) is 2. The maximum absolute atomic E-state index is 13.9. The second-order valence-electron chi connectivity index (χ2n) is 7.30. The lowest BCUT2D eigenvalue weighted by molar-refractivity contribution is 0.0963. The van der Waals surface area contributed by atoms with Crippen LogP contribution in [0.3, 0.4) is 0 Å². The van der Waals surface area contributed by atoms with Crippen molar-refractivity contribution in [3.05, 3.63) is 98.7 Å². The summed E-state index contributed by atoms with van der Waals surface area (Å²) in [6.45, 7) is 1.76. The number of rotatable bonds is 4. The van der Waals surface area contributed by atoms with Crippen LogP contribution in [0.25, 0.3) is 10.8 Å². The Morgan fingerprint density at radius 1 is 0.853 bits per heavy atom. The lowest BCUT2D eigenvalue weighted by Gasteiger charge is -2.15. The van der Waals surface area contributed by atoms with Gasteiger partial charge >= 0.3 is 6.03 Å². The molecule has 0 heterocycles.